The molecule has 0 aliphatic carbocycles. The molecule has 0 heterocycles. The van der Waals surface area contributed by atoms with E-state index in [4.69, 9.17) is 10.5 Å². The predicted octanol–water partition coefficient (Wildman–Crippen LogP) is 3.01. The fourth-order valence-corrected chi connectivity index (χ4v) is 2.21. The molecule has 1 amide bonds. The van der Waals surface area contributed by atoms with Crippen molar-refractivity contribution in [3.05, 3.63) is 65.7 Å². The number of benzene rings is 2. The molecule has 1 unspecified atom stereocenters. The van der Waals surface area contributed by atoms with E-state index in [-0.39, 0.29) is 18.6 Å². The molecule has 0 fully saturated rings. The Hall–Kier alpha value is -2.33. The summed E-state index contributed by atoms with van der Waals surface area (Å²) in [6.07, 6.45) is 0. The second-order valence-electron chi connectivity index (χ2n) is 5.84. The van der Waals surface area contributed by atoms with Crippen molar-refractivity contribution in [2.45, 2.75) is 25.8 Å². The first-order chi connectivity index (χ1) is 11.1. The fraction of sp³-hybridized carbons (Fsp3) is 0.316. The maximum absolute atomic E-state index is 11.9. The van der Waals surface area contributed by atoms with E-state index in [1.807, 2.05) is 48.5 Å². The zero-order valence-corrected chi connectivity index (χ0v) is 13.7. The quantitative estimate of drug-likeness (QED) is 0.826. The van der Waals surface area contributed by atoms with Crippen LogP contribution >= 0.6 is 0 Å². The van der Waals surface area contributed by atoms with E-state index in [0.29, 0.717) is 18.2 Å². The Bertz CT molecular complexity index is 626. The third-order valence-corrected chi connectivity index (χ3v) is 3.64. The molecule has 2 aromatic carbocycles. The molecule has 0 saturated carbocycles. The van der Waals surface area contributed by atoms with Crippen LogP contribution in [0.25, 0.3) is 0 Å². The molecular formula is C19H24N2O2. The van der Waals surface area contributed by atoms with E-state index in [2.05, 4.69) is 25.2 Å². The van der Waals surface area contributed by atoms with E-state index in [1.54, 1.807) is 0 Å². The molecular weight excluding hydrogens is 288 g/mol. The molecule has 0 radical (unpaired) electrons. The molecule has 4 heteroatoms. The van der Waals surface area contributed by atoms with Gasteiger partial charge in [-0.1, -0.05) is 56.3 Å². The minimum absolute atomic E-state index is 0.0109. The SMILES string of the molecule is CC(C)c1cccc(OCC(=O)NCC(N)c2ccccc2)c1. The van der Waals surface area contributed by atoms with Crippen molar-refractivity contribution in [2.75, 3.05) is 13.2 Å². The summed E-state index contributed by atoms with van der Waals surface area (Å²) in [5, 5.41) is 2.80. The molecule has 2 rings (SSSR count). The molecule has 0 bridgehead atoms. The van der Waals surface area contributed by atoms with Gasteiger partial charge in [0.1, 0.15) is 5.75 Å². The van der Waals surface area contributed by atoms with Gasteiger partial charge >= 0.3 is 0 Å². The number of nitrogens with one attached hydrogen (secondary N) is 1. The average molecular weight is 312 g/mol. The Labute approximate surface area is 137 Å². The van der Waals surface area contributed by atoms with E-state index < -0.39 is 0 Å². The van der Waals surface area contributed by atoms with Gasteiger partial charge in [-0.05, 0) is 29.2 Å². The number of ether oxygens (including phenoxy) is 1. The molecule has 2 aromatic rings. The van der Waals surface area contributed by atoms with E-state index in [9.17, 15) is 4.79 Å². The summed E-state index contributed by atoms with van der Waals surface area (Å²) in [4.78, 5) is 11.9. The van der Waals surface area contributed by atoms with Crippen molar-refractivity contribution in [2.24, 2.45) is 5.73 Å². The van der Waals surface area contributed by atoms with Crippen molar-refractivity contribution in [3.63, 3.8) is 0 Å². The predicted molar refractivity (Wildman–Crippen MR) is 92.4 cm³/mol. The van der Waals surface area contributed by atoms with Crippen LogP contribution in [-0.2, 0) is 4.79 Å². The van der Waals surface area contributed by atoms with Gasteiger partial charge in [-0.2, -0.15) is 0 Å². The van der Waals surface area contributed by atoms with Crippen LogP contribution in [0.3, 0.4) is 0 Å². The third kappa shape index (κ3) is 5.42. The first kappa shape index (κ1) is 17.0. The van der Waals surface area contributed by atoms with Gasteiger partial charge in [0, 0.05) is 12.6 Å². The molecule has 4 nitrogen and oxygen atoms in total. The summed E-state index contributed by atoms with van der Waals surface area (Å²) in [6.45, 7) is 4.62. The molecule has 1 atom stereocenters. The van der Waals surface area contributed by atoms with Gasteiger partial charge in [0.05, 0.1) is 0 Å². The van der Waals surface area contributed by atoms with Crippen LogP contribution in [0, 0.1) is 0 Å². The summed E-state index contributed by atoms with van der Waals surface area (Å²) in [5.74, 6) is 0.960. The number of hydrogen-bond acceptors (Lipinski definition) is 3. The van der Waals surface area contributed by atoms with Crippen molar-refractivity contribution in [1.82, 2.24) is 5.32 Å². The van der Waals surface area contributed by atoms with Crippen molar-refractivity contribution in [1.29, 1.82) is 0 Å². The Morgan fingerprint density at radius 1 is 1.09 bits per heavy atom. The lowest BCUT2D eigenvalue weighted by Gasteiger charge is -2.14. The zero-order chi connectivity index (χ0) is 16.7. The molecule has 0 aliphatic rings. The van der Waals surface area contributed by atoms with Crippen molar-refractivity contribution in [3.8, 4) is 5.75 Å². The summed E-state index contributed by atoms with van der Waals surface area (Å²) in [6, 6.07) is 17.3. The van der Waals surface area contributed by atoms with E-state index in [0.717, 1.165) is 5.56 Å². The molecule has 122 valence electrons. The van der Waals surface area contributed by atoms with Crippen LogP contribution in [0.4, 0.5) is 0 Å². The van der Waals surface area contributed by atoms with E-state index in [1.165, 1.54) is 5.56 Å². The van der Waals surface area contributed by atoms with Crippen LogP contribution in [0.5, 0.6) is 5.75 Å². The van der Waals surface area contributed by atoms with Crippen LogP contribution < -0.4 is 15.8 Å². The van der Waals surface area contributed by atoms with Crippen LogP contribution in [0.15, 0.2) is 54.6 Å². The first-order valence-electron chi connectivity index (χ1n) is 7.86. The lowest BCUT2D eigenvalue weighted by atomic mass is 10.0. The molecule has 3 N–H and O–H groups in total. The Balaban J connectivity index is 1.78. The topological polar surface area (TPSA) is 64.3 Å². The lowest BCUT2D eigenvalue weighted by Crippen LogP contribution is -2.35. The smallest absolute Gasteiger partial charge is 0.258 e. The largest absolute Gasteiger partial charge is 0.484 e. The highest BCUT2D eigenvalue weighted by molar-refractivity contribution is 5.77. The highest BCUT2D eigenvalue weighted by Crippen LogP contribution is 2.19. The van der Waals surface area contributed by atoms with E-state index >= 15 is 0 Å². The van der Waals surface area contributed by atoms with Gasteiger partial charge in [0.25, 0.3) is 5.91 Å². The Morgan fingerprint density at radius 3 is 2.48 bits per heavy atom. The standard InChI is InChI=1S/C19H24N2O2/c1-14(2)16-9-6-10-17(11-16)23-13-19(22)21-12-18(20)15-7-4-3-5-8-15/h3-11,14,18H,12-13,20H2,1-2H3,(H,21,22). The van der Waals surface area contributed by atoms with Crippen molar-refractivity contribution < 1.29 is 9.53 Å². The zero-order valence-electron chi connectivity index (χ0n) is 13.7. The highest BCUT2D eigenvalue weighted by Gasteiger charge is 2.09. The summed E-state index contributed by atoms with van der Waals surface area (Å²) in [5.41, 5.74) is 8.24. The van der Waals surface area contributed by atoms with Crippen LogP contribution in [-0.4, -0.2) is 19.1 Å². The van der Waals surface area contributed by atoms with Gasteiger partial charge in [0.2, 0.25) is 0 Å². The number of rotatable bonds is 7. The number of carbonyl (C=O) groups excluding carboxylic acids is 1. The van der Waals surface area contributed by atoms with Gasteiger partial charge in [-0.3, -0.25) is 4.79 Å². The molecule has 0 spiro atoms. The second-order valence-corrected chi connectivity index (χ2v) is 5.84. The van der Waals surface area contributed by atoms with Gasteiger partial charge < -0.3 is 15.8 Å². The Morgan fingerprint density at radius 2 is 1.78 bits per heavy atom. The molecule has 0 aliphatic heterocycles. The minimum Gasteiger partial charge on any atom is -0.484 e. The van der Waals surface area contributed by atoms with Crippen LogP contribution in [0.1, 0.15) is 36.9 Å². The van der Waals surface area contributed by atoms with Crippen molar-refractivity contribution >= 4 is 5.91 Å². The molecule has 23 heavy (non-hydrogen) atoms. The van der Waals surface area contributed by atoms with Gasteiger partial charge in [0.15, 0.2) is 6.61 Å². The number of carbonyl (C=O) groups is 1. The van der Waals surface area contributed by atoms with Gasteiger partial charge in [-0.25, -0.2) is 0 Å². The summed E-state index contributed by atoms with van der Waals surface area (Å²) >= 11 is 0. The Kier molecular flexibility index (Phi) is 6.18. The monoisotopic (exact) mass is 312 g/mol. The third-order valence-electron chi connectivity index (χ3n) is 3.64. The summed E-state index contributed by atoms with van der Waals surface area (Å²) in [7, 11) is 0. The normalized spacial score (nSPS) is 12.0. The first-order valence-corrected chi connectivity index (χ1v) is 7.86. The molecule has 0 saturated heterocycles. The second kappa shape index (κ2) is 8.34. The molecule has 0 aromatic heterocycles. The number of hydrogen-bond donors (Lipinski definition) is 2. The van der Waals surface area contributed by atoms with Crippen LogP contribution in [0.2, 0.25) is 0 Å². The highest BCUT2D eigenvalue weighted by atomic mass is 16.5. The minimum atomic E-state index is -0.218. The average Bonchev–Trinajstić information content (AvgIpc) is 2.58. The summed E-state index contributed by atoms with van der Waals surface area (Å²) < 4.78 is 5.54. The number of amides is 1. The lowest BCUT2D eigenvalue weighted by molar-refractivity contribution is -0.123. The van der Waals surface area contributed by atoms with Gasteiger partial charge in [-0.15, -0.1) is 0 Å². The fourth-order valence-electron chi connectivity index (χ4n) is 2.21. The maximum atomic E-state index is 11.9. The number of nitrogens with two attached hydrogens (primary N) is 1. The maximum Gasteiger partial charge on any atom is 0.258 e.